The van der Waals surface area contributed by atoms with Crippen molar-refractivity contribution in [3.63, 3.8) is 0 Å². The first-order valence-electron chi connectivity index (χ1n) is 7.28. The second-order valence-electron chi connectivity index (χ2n) is 5.05. The Morgan fingerprint density at radius 2 is 2.05 bits per heavy atom. The number of ether oxygens (including phenoxy) is 3. The van der Waals surface area contributed by atoms with Crippen molar-refractivity contribution in [3.8, 4) is 11.5 Å². The largest absolute Gasteiger partial charge is 0.493 e. The normalized spacial score (nSPS) is 18.3. The van der Waals surface area contributed by atoms with Crippen LogP contribution in [-0.4, -0.2) is 32.1 Å². The van der Waals surface area contributed by atoms with Gasteiger partial charge in [-0.25, -0.2) is 4.79 Å². The summed E-state index contributed by atoms with van der Waals surface area (Å²) in [5.41, 5.74) is 0.703. The Morgan fingerprint density at radius 3 is 2.73 bits per heavy atom. The first kappa shape index (κ1) is 16.1. The highest BCUT2D eigenvalue weighted by atomic mass is 16.5. The summed E-state index contributed by atoms with van der Waals surface area (Å²) in [6.45, 7) is 0. The summed E-state index contributed by atoms with van der Waals surface area (Å²) in [6, 6.07) is 5.38. The van der Waals surface area contributed by atoms with Gasteiger partial charge in [-0.3, -0.25) is 4.79 Å². The van der Waals surface area contributed by atoms with E-state index < -0.39 is 12.1 Å². The third-order valence-corrected chi connectivity index (χ3v) is 3.59. The van der Waals surface area contributed by atoms with Gasteiger partial charge in [-0.15, -0.1) is 0 Å². The quantitative estimate of drug-likeness (QED) is 0.618. The molecule has 0 radical (unpaired) electrons. The van der Waals surface area contributed by atoms with Crippen molar-refractivity contribution in [2.24, 2.45) is 0 Å². The molecule has 1 fully saturated rings. The van der Waals surface area contributed by atoms with Crippen LogP contribution in [0.4, 0.5) is 0 Å². The number of ketones is 1. The fourth-order valence-electron chi connectivity index (χ4n) is 2.46. The van der Waals surface area contributed by atoms with Crippen LogP contribution in [0.3, 0.4) is 0 Å². The summed E-state index contributed by atoms with van der Waals surface area (Å²) >= 11 is 0. The van der Waals surface area contributed by atoms with Crippen LogP contribution in [0.25, 0.3) is 6.08 Å². The molecule has 118 valence electrons. The molecular weight excluding hydrogens is 284 g/mol. The summed E-state index contributed by atoms with van der Waals surface area (Å²) in [5.74, 6) is 0.611. The summed E-state index contributed by atoms with van der Waals surface area (Å²) in [4.78, 5) is 23.5. The van der Waals surface area contributed by atoms with E-state index >= 15 is 0 Å². The predicted molar refractivity (Wildman–Crippen MR) is 81.9 cm³/mol. The smallest absolute Gasteiger partial charge is 0.331 e. The van der Waals surface area contributed by atoms with Gasteiger partial charge in [0.2, 0.25) is 0 Å². The number of Topliss-reactive ketones (excluding diaryl/α,β-unsaturated/α-hetero) is 1. The second kappa shape index (κ2) is 7.64. The Balaban J connectivity index is 2.05. The number of rotatable bonds is 5. The zero-order chi connectivity index (χ0) is 15.9. The summed E-state index contributed by atoms with van der Waals surface area (Å²) in [6.07, 6.45) is 5.20. The summed E-state index contributed by atoms with van der Waals surface area (Å²) in [7, 11) is 3.09. The molecule has 0 aliphatic heterocycles. The Labute approximate surface area is 129 Å². The van der Waals surface area contributed by atoms with E-state index in [0.717, 1.165) is 12.8 Å². The van der Waals surface area contributed by atoms with E-state index in [1.807, 2.05) is 0 Å². The number of esters is 1. The number of benzene rings is 1. The molecule has 1 aliphatic rings. The van der Waals surface area contributed by atoms with E-state index in [1.165, 1.54) is 13.2 Å². The van der Waals surface area contributed by atoms with Gasteiger partial charge in [0.25, 0.3) is 0 Å². The highest BCUT2D eigenvalue weighted by Gasteiger charge is 2.24. The van der Waals surface area contributed by atoms with Crippen molar-refractivity contribution < 1.29 is 23.8 Å². The minimum atomic E-state index is -0.599. The molecule has 0 amide bonds. The predicted octanol–water partition coefficient (Wildman–Crippen LogP) is 2.77. The van der Waals surface area contributed by atoms with Crippen molar-refractivity contribution in [2.75, 3.05) is 14.2 Å². The van der Waals surface area contributed by atoms with Crippen LogP contribution >= 0.6 is 0 Å². The van der Waals surface area contributed by atoms with E-state index in [4.69, 9.17) is 14.2 Å². The molecule has 0 bridgehead atoms. The van der Waals surface area contributed by atoms with Crippen molar-refractivity contribution in [1.29, 1.82) is 0 Å². The molecule has 0 heterocycles. The van der Waals surface area contributed by atoms with Crippen molar-refractivity contribution in [1.82, 2.24) is 0 Å². The lowest BCUT2D eigenvalue weighted by Gasteiger charge is -2.19. The van der Waals surface area contributed by atoms with Crippen LogP contribution in [-0.2, 0) is 14.3 Å². The molecule has 0 aromatic heterocycles. The average Bonchev–Trinajstić information content (AvgIpc) is 2.54. The molecule has 2 rings (SSSR count). The second-order valence-corrected chi connectivity index (χ2v) is 5.05. The highest BCUT2D eigenvalue weighted by Crippen LogP contribution is 2.31. The van der Waals surface area contributed by atoms with Gasteiger partial charge < -0.3 is 14.2 Å². The number of carbonyl (C=O) groups is 2. The SMILES string of the molecule is COc1cccc(/C=C/C(=O)O[C@H]2CCCCC2=O)c1OC. The average molecular weight is 304 g/mol. The number of hydrogen-bond acceptors (Lipinski definition) is 5. The minimum absolute atomic E-state index is 0.00645. The Kier molecular flexibility index (Phi) is 5.58. The molecule has 1 aromatic carbocycles. The van der Waals surface area contributed by atoms with E-state index in [2.05, 4.69) is 0 Å². The lowest BCUT2D eigenvalue weighted by atomic mass is 9.96. The van der Waals surface area contributed by atoms with Crippen molar-refractivity contribution in [3.05, 3.63) is 29.8 Å². The van der Waals surface area contributed by atoms with Gasteiger partial charge in [-0.1, -0.05) is 12.1 Å². The fraction of sp³-hybridized carbons (Fsp3) is 0.412. The molecule has 1 atom stereocenters. The monoisotopic (exact) mass is 304 g/mol. The Hall–Kier alpha value is -2.30. The molecular formula is C17H20O5. The van der Waals surface area contributed by atoms with Gasteiger partial charge in [0.05, 0.1) is 14.2 Å². The van der Waals surface area contributed by atoms with Gasteiger partial charge in [-0.05, 0) is 31.4 Å². The molecule has 1 aliphatic carbocycles. The molecule has 0 saturated heterocycles. The molecule has 22 heavy (non-hydrogen) atoms. The van der Waals surface area contributed by atoms with Crippen LogP contribution in [0.5, 0.6) is 11.5 Å². The number of para-hydroxylation sites is 1. The van der Waals surface area contributed by atoms with Crippen LogP contribution in [0, 0.1) is 0 Å². The molecule has 0 unspecified atom stereocenters. The minimum Gasteiger partial charge on any atom is -0.493 e. The van der Waals surface area contributed by atoms with E-state index in [-0.39, 0.29) is 5.78 Å². The molecule has 1 saturated carbocycles. The molecule has 5 nitrogen and oxygen atoms in total. The van der Waals surface area contributed by atoms with E-state index in [0.29, 0.717) is 29.9 Å². The fourth-order valence-corrected chi connectivity index (χ4v) is 2.46. The van der Waals surface area contributed by atoms with E-state index in [9.17, 15) is 9.59 Å². The van der Waals surface area contributed by atoms with Gasteiger partial charge in [0.15, 0.2) is 23.4 Å². The third kappa shape index (κ3) is 3.87. The molecule has 0 spiro atoms. The topological polar surface area (TPSA) is 61.8 Å². The number of methoxy groups -OCH3 is 2. The molecule has 5 heteroatoms. The van der Waals surface area contributed by atoms with Crippen molar-refractivity contribution >= 4 is 17.8 Å². The van der Waals surface area contributed by atoms with Crippen LogP contribution < -0.4 is 9.47 Å². The lowest BCUT2D eigenvalue weighted by molar-refractivity contribution is -0.152. The summed E-state index contributed by atoms with van der Waals surface area (Å²) in [5, 5.41) is 0. The number of carbonyl (C=O) groups excluding carboxylic acids is 2. The lowest BCUT2D eigenvalue weighted by Crippen LogP contribution is -2.29. The first-order chi connectivity index (χ1) is 10.7. The Bertz CT molecular complexity index is 576. The first-order valence-corrected chi connectivity index (χ1v) is 7.28. The summed E-state index contributed by atoms with van der Waals surface area (Å²) < 4.78 is 15.7. The highest BCUT2D eigenvalue weighted by molar-refractivity contribution is 5.91. The van der Waals surface area contributed by atoms with Crippen LogP contribution in [0.15, 0.2) is 24.3 Å². The maximum atomic E-state index is 11.9. The van der Waals surface area contributed by atoms with Crippen LogP contribution in [0.1, 0.15) is 31.2 Å². The van der Waals surface area contributed by atoms with Crippen LogP contribution in [0.2, 0.25) is 0 Å². The van der Waals surface area contributed by atoms with Gasteiger partial charge >= 0.3 is 5.97 Å². The third-order valence-electron chi connectivity index (χ3n) is 3.59. The van der Waals surface area contributed by atoms with Gasteiger partial charge in [-0.2, -0.15) is 0 Å². The maximum absolute atomic E-state index is 11.9. The van der Waals surface area contributed by atoms with E-state index in [1.54, 1.807) is 31.4 Å². The zero-order valence-electron chi connectivity index (χ0n) is 12.8. The zero-order valence-corrected chi connectivity index (χ0v) is 12.8. The van der Waals surface area contributed by atoms with Gasteiger partial charge in [0, 0.05) is 18.1 Å². The number of hydrogen-bond donors (Lipinski definition) is 0. The standard InChI is InChI=1S/C17H20O5/c1-20-15-9-5-6-12(17(15)21-2)10-11-16(19)22-14-8-4-3-7-13(14)18/h5-6,9-11,14H,3-4,7-8H2,1-2H3/b11-10+/t14-/m0/s1. The maximum Gasteiger partial charge on any atom is 0.331 e. The van der Waals surface area contributed by atoms with Crippen molar-refractivity contribution in [2.45, 2.75) is 31.8 Å². The molecule has 1 aromatic rings. The molecule has 0 N–H and O–H groups in total. The van der Waals surface area contributed by atoms with Gasteiger partial charge in [0.1, 0.15) is 0 Å². The Morgan fingerprint density at radius 1 is 1.23 bits per heavy atom.